The maximum absolute atomic E-state index is 15.2. The van der Waals surface area contributed by atoms with Crippen molar-refractivity contribution in [1.29, 1.82) is 0 Å². The molecule has 1 fully saturated rings. The van der Waals surface area contributed by atoms with Gasteiger partial charge in [-0.15, -0.1) is 0 Å². The van der Waals surface area contributed by atoms with Gasteiger partial charge in [0, 0.05) is 55.8 Å². The standard InChI is InChI=1S/C66H111N11O12/c1-23-26-30-43(14)56(79)55-60(83)69-47(25-3)62(85)71(16)37-52(78)72(17)49(36-45-31-28-27-29-32-45)59(82)70-53(41(10)11)65(88)73(18)48(33-38(4)5)58(81)68-46(24-2)57(80)67-44(15)61(84)74(19)50(34-39(6)7)63(86)75(20)51(35-40(8)9)64(87)76(21)54(42(12)13)66(89)77(55)22/h23,26-29,31-32,38-44,46-51,53-56,79H,24-25,30,33-37H2,1-22H3,(H,67,80)(H,68,81)(H,69,83)(H,70,82)/b26-23+/t43-,44-,46+,47+,48+,49+,50+,51+,53+,54+,55+,56-/m1/s1. The lowest BCUT2D eigenvalue weighted by atomic mass is 9.91. The SMILES string of the molecule is C/C=C/C[C@@H](C)[C@@H](O)[C@H]1C(=O)N[C@@H](CC)C(=O)N(C)CC(=O)N(C)[C@@H](Cc2ccccc2)C(=O)N[C@@H](C(C)C)C(=O)N(C)[C@@H](CC(C)C)C(=O)N[C@@H](CC)C(=O)N[C@H](C)C(=O)N(C)[C@@H](CC(C)C)C(=O)N(C)[C@@H](CC(C)C)C(=O)N(C)[C@@H](C(C)C)C(=O)N1C. The molecule has 0 aromatic heterocycles. The molecule has 12 atom stereocenters. The lowest BCUT2D eigenvalue weighted by Gasteiger charge is -2.41. The minimum absolute atomic E-state index is 0.00925. The van der Waals surface area contributed by atoms with E-state index in [1.807, 2.05) is 41.5 Å². The zero-order valence-electron chi connectivity index (χ0n) is 57.6. The number of nitrogens with zero attached hydrogens (tertiary/aromatic N) is 7. The number of hydrogen-bond donors (Lipinski definition) is 5. The second kappa shape index (κ2) is 36.1. The molecule has 0 radical (unpaired) electrons. The van der Waals surface area contributed by atoms with Gasteiger partial charge in [-0.1, -0.05) is 132 Å². The van der Waals surface area contributed by atoms with Gasteiger partial charge in [0.2, 0.25) is 65.0 Å². The van der Waals surface area contributed by atoms with Crippen LogP contribution in [0.25, 0.3) is 0 Å². The third kappa shape index (κ3) is 21.6. The van der Waals surface area contributed by atoms with Crippen LogP contribution in [0.3, 0.4) is 0 Å². The number of carbonyl (C=O) groups excluding carboxylic acids is 11. The van der Waals surface area contributed by atoms with Gasteiger partial charge in [0.05, 0.1) is 12.6 Å². The summed E-state index contributed by atoms with van der Waals surface area (Å²) in [7, 11) is 9.92. The second-order valence-corrected chi connectivity index (χ2v) is 26.4. The van der Waals surface area contributed by atoms with Crippen LogP contribution < -0.4 is 21.3 Å². The molecule has 1 heterocycles. The lowest BCUT2D eigenvalue weighted by Crippen LogP contribution is -2.63. The lowest BCUT2D eigenvalue weighted by molar-refractivity contribution is -0.157. The molecule has 1 saturated heterocycles. The Morgan fingerprint density at radius 2 is 0.955 bits per heavy atom. The summed E-state index contributed by atoms with van der Waals surface area (Å²) >= 11 is 0. The van der Waals surface area contributed by atoms with E-state index in [-0.39, 0.29) is 56.3 Å². The normalized spacial score (nSPS) is 26.1. The largest absolute Gasteiger partial charge is 0.390 e. The van der Waals surface area contributed by atoms with Crippen molar-refractivity contribution in [3.63, 3.8) is 0 Å². The zero-order chi connectivity index (χ0) is 68.2. The number of allylic oxidation sites excluding steroid dienone is 2. The predicted molar refractivity (Wildman–Crippen MR) is 344 cm³/mol. The summed E-state index contributed by atoms with van der Waals surface area (Å²) in [6.45, 7) is 25.9. The predicted octanol–water partition coefficient (Wildman–Crippen LogP) is 3.86. The Labute approximate surface area is 531 Å². The van der Waals surface area contributed by atoms with E-state index in [0.29, 0.717) is 12.0 Å². The third-order valence-electron chi connectivity index (χ3n) is 16.9. The molecule has 0 spiro atoms. The Morgan fingerprint density at radius 3 is 1.44 bits per heavy atom. The van der Waals surface area contributed by atoms with Crippen molar-refractivity contribution < 1.29 is 57.8 Å². The maximum atomic E-state index is 15.2. The van der Waals surface area contributed by atoms with E-state index in [9.17, 15) is 43.5 Å². The molecule has 11 amide bonds. The minimum atomic E-state index is -1.62. The molecule has 5 N–H and O–H groups in total. The summed E-state index contributed by atoms with van der Waals surface area (Å²) in [6, 6.07) is -3.62. The molecular weight excluding hydrogens is 1140 g/mol. The molecule has 23 heteroatoms. The molecule has 502 valence electrons. The highest BCUT2D eigenvalue weighted by Gasteiger charge is 2.46. The summed E-state index contributed by atoms with van der Waals surface area (Å²) < 4.78 is 0. The highest BCUT2D eigenvalue weighted by Crippen LogP contribution is 2.26. The van der Waals surface area contributed by atoms with Gasteiger partial charge in [-0.05, 0) is 93.4 Å². The molecule has 2 rings (SSSR count). The average molecular weight is 1250 g/mol. The summed E-state index contributed by atoms with van der Waals surface area (Å²) in [5, 5.41) is 23.3. The van der Waals surface area contributed by atoms with Crippen molar-refractivity contribution in [3.8, 4) is 0 Å². The number of aliphatic hydroxyl groups excluding tert-OH is 1. The van der Waals surface area contributed by atoms with Gasteiger partial charge in [0.15, 0.2) is 0 Å². The maximum Gasteiger partial charge on any atom is 0.246 e. The zero-order valence-corrected chi connectivity index (χ0v) is 57.6. The van der Waals surface area contributed by atoms with Crippen molar-refractivity contribution in [2.24, 2.45) is 35.5 Å². The fraction of sp³-hybridized carbons (Fsp3) is 0.712. The summed E-state index contributed by atoms with van der Waals surface area (Å²) in [5.41, 5.74) is 0.675. The number of rotatable bonds is 16. The molecule has 1 aliphatic heterocycles. The molecule has 23 nitrogen and oxygen atoms in total. The highest BCUT2D eigenvalue weighted by atomic mass is 16.3. The van der Waals surface area contributed by atoms with Crippen molar-refractivity contribution in [2.75, 3.05) is 55.9 Å². The summed E-state index contributed by atoms with van der Waals surface area (Å²) in [5.74, 6) is -9.72. The third-order valence-corrected chi connectivity index (χ3v) is 16.9. The van der Waals surface area contributed by atoms with Gasteiger partial charge >= 0.3 is 0 Å². The van der Waals surface area contributed by atoms with Crippen LogP contribution in [-0.2, 0) is 59.2 Å². The van der Waals surface area contributed by atoms with E-state index in [2.05, 4.69) is 21.3 Å². The number of benzene rings is 1. The monoisotopic (exact) mass is 1250 g/mol. The van der Waals surface area contributed by atoms with E-state index >= 15 is 14.4 Å². The molecule has 0 aliphatic carbocycles. The van der Waals surface area contributed by atoms with Crippen LogP contribution >= 0.6 is 0 Å². The topological polar surface area (TPSA) is 279 Å². The Bertz CT molecular complexity index is 2600. The van der Waals surface area contributed by atoms with Crippen LogP contribution in [0.1, 0.15) is 148 Å². The van der Waals surface area contributed by atoms with E-state index in [1.165, 1.54) is 80.8 Å². The molecule has 0 saturated carbocycles. The van der Waals surface area contributed by atoms with Crippen LogP contribution in [0.2, 0.25) is 0 Å². The van der Waals surface area contributed by atoms with Gasteiger partial charge in [0.1, 0.15) is 60.4 Å². The van der Waals surface area contributed by atoms with Crippen molar-refractivity contribution >= 4 is 65.0 Å². The van der Waals surface area contributed by atoms with E-state index in [0.717, 1.165) is 9.80 Å². The van der Waals surface area contributed by atoms with E-state index in [1.54, 1.807) is 97.9 Å². The molecule has 1 aliphatic rings. The molecule has 0 unspecified atom stereocenters. The number of aliphatic hydroxyl groups is 1. The van der Waals surface area contributed by atoms with Crippen LogP contribution in [-0.4, -0.2) is 227 Å². The van der Waals surface area contributed by atoms with Crippen molar-refractivity contribution in [3.05, 3.63) is 48.0 Å². The first-order valence-electron chi connectivity index (χ1n) is 31.8. The first kappa shape index (κ1) is 78.2. The van der Waals surface area contributed by atoms with Crippen LogP contribution in [0.5, 0.6) is 0 Å². The van der Waals surface area contributed by atoms with Gasteiger partial charge in [0.25, 0.3) is 0 Å². The molecule has 89 heavy (non-hydrogen) atoms. The molecule has 0 bridgehead atoms. The first-order valence-corrected chi connectivity index (χ1v) is 31.8. The molecule has 1 aromatic carbocycles. The average Bonchev–Trinajstić information content (AvgIpc) is 1.06. The smallest absolute Gasteiger partial charge is 0.246 e. The van der Waals surface area contributed by atoms with Gasteiger partial charge in [-0.3, -0.25) is 52.7 Å². The number of hydrogen-bond acceptors (Lipinski definition) is 12. The van der Waals surface area contributed by atoms with Gasteiger partial charge < -0.3 is 60.7 Å². The molecule has 1 aromatic rings. The Kier molecular flexibility index (Phi) is 31.7. The Balaban J connectivity index is 3.02. The fourth-order valence-corrected chi connectivity index (χ4v) is 11.3. The Hall–Kier alpha value is -6.91. The number of amides is 11. The number of carbonyl (C=O) groups is 11. The van der Waals surface area contributed by atoms with Gasteiger partial charge in [-0.25, -0.2) is 0 Å². The first-order chi connectivity index (χ1) is 41.4. The Morgan fingerprint density at radius 1 is 0.494 bits per heavy atom. The second-order valence-electron chi connectivity index (χ2n) is 26.4. The highest BCUT2D eigenvalue weighted by molar-refractivity contribution is 5.99. The number of nitrogens with one attached hydrogen (secondary N) is 4. The van der Waals surface area contributed by atoms with Crippen molar-refractivity contribution in [1.82, 2.24) is 55.6 Å². The van der Waals surface area contributed by atoms with Crippen LogP contribution in [0.15, 0.2) is 42.5 Å². The van der Waals surface area contributed by atoms with Crippen molar-refractivity contribution in [2.45, 2.75) is 215 Å². The summed E-state index contributed by atoms with van der Waals surface area (Å²) in [6.07, 6.45) is 2.91. The minimum Gasteiger partial charge on any atom is -0.390 e. The summed E-state index contributed by atoms with van der Waals surface area (Å²) in [4.78, 5) is 170. The quantitative estimate of drug-likeness (QED) is 0.148. The number of likely N-dealkylation sites (N-methyl/N-ethyl adjacent to an activating group) is 7. The fourth-order valence-electron chi connectivity index (χ4n) is 11.3. The van der Waals surface area contributed by atoms with E-state index in [4.69, 9.17) is 0 Å². The molecular formula is C66H111N11O12. The van der Waals surface area contributed by atoms with Crippen LogP contribution in [0.4, 0.5) is 0 Å². The van der Waals surface area contributed by atoms with Gasteiger partial charge in [-0.2, -0.15) is 0 Å². The van der Waals surface area contributed by atoms with E-state index < -0.39 is 156 Å². The van der Waals surface area contributed by atoms with Crippen LogP contribution in [0, 0.1) is 35.5 Å².